The molecule has 0 bridgehead atoms. The Morgan fingerprint density at radius 3 is 2.71 bits per heavy atom. The van der Waals surface area contributed by atoms with E-state index in [1.807, 2.05) is 0 Å². The van der Waals surface area contributed by atoms with E-state index in [9.17, 15) is 0 Å². The Hall–Kier alpha value is -0.390. The molecule has 4 nitrogen and oxygen atoms in total. The smallest absolute Gasteiger partial charge is 0.166 e. The molecule has 5 heteroatoms. The molecule has 0 unspecified atom stereocenters. The van der Waals surface area contributed by atoms with Crippen LogP contribution in [-0.2, 0) is 9.47 Å². The fourth-order valence-corrected chi connectivity index (χ4v) is 2.20. The zero-order valence-electron chi connectivity index (χ0n) is 10.7. The molecule has 0 aliphatic heterocycles. The third kappa shape index (κ3) is 7.52. The van der Waals surface area contributed by atoms with Crippen LogP contribution in [0.1, 0.15) is 32.1 Å². The van der Waals surface area contributed by atoms with E-state index in [-0.39, 0.29) is 0 Å². The van der Waals surface area contributed by atoms with Crippen LogP contribution in [0.15, 0.2) is 0 Å². The van der Waals surface area contributed by atoms with Crippen molar-refractivity contribution in [3.63, 3.8) is 0 Å². The normalized spacial score (nSPS) is 16.1. The van der Waals surface area contributed by atoms with Crippen molar-refractivity contribution < 1.29 is 9.47 Å². The van der Waals surface area contributed by atoms with Crippen LogP contribution in [0, 0.1) is 0 Å². The number of thiocarbonyl (C=S) groups is 1. The average Bonchev–Trinajstić information content (AvgIpc) is 2.80. The number of hydrogen-bond donors (Lipinski definition) is 2. The first-order valence-electron chi connectivity index (χ1n) is 6.44. The Balaban J connectivity index is 1.86. The van der Waals surface area contributed by atoms with Crippen molar-refractivity contribution in [3.05, 3.63) is 0 Å². The van der Waals surface area contributed by atoms with E-state index >= 15 is 0 Å². The Morgan fingerprint density at radius 1 is 1.24 bits per heavy atom. The van der Waals surface area contributed by atoms with Gasteiger partial charge in [0.15, 0.2) is 5.11 Å². The first-order valence-corrected chi connectivity index (χ1v) is 6.85. The van der Waals surface area contributed by atoms with Gasteiger partial charge in [-0.15, -0.1) is 0 Å². The van der Waals surface area contributed by atoms with Crippen molar-refractivity contribution >= 4 is 17.3 Å². The van der Waals surface area contributed by atoms with Gasteiger partial charge in [-0.1, -0.05) is 12.8 Å². The summed E-state index contributed by atoms with van der Waals surface area (Å²) in [5, 5.41) is 7.35. The first kappa shape index (κ1) is 14.7. The zero-order valence-corrected chi connectivity index (χ0v) is 11.5. The van der Waals surface area contributed by atoms with E-state index < -0.39 is 0 Å². The van der Waals surface area contributed by atoms with Gasteiger partial charge >= 0.3 is 0 Å². The topological polar surface area (TPSA) is 42.5 Å². The van der Waals surface area contributed by atoms with Gasteiger partial charge in [0.05, 0.1) is 13.2 Å². The van der Waals surface area contributed by atoms with Gasteiger partial charge in [0.2, 0.25) is 0 Å². The van der Waals surface area contributed by atoms with Crippen molar-refractivity contribution in [3.8, 4) is 0 Å². The van der Waals surface area contributed by atoms with Gasteiger partial charge in [-0.05, 0) is 31.5 Å². The summed E-state index contributed by atoms with van der Waals surface area (Å²) in [7, 11) is 1.68. The Kier molecular flexibility index (Phi) is 8.30. The molecule has 1 rings (SSSR count). The van der Waals surface area contributed by atoms with Crippen molar-refractivity contribution in [2.24, 2.45) is 0 Å². The lowest BCUT2D eigenvalue weighted by molar-refractivity contribution is 0.0698. The zero-order chi connectivity index (χ0) is 12.3. The maximum atomic E-state index is 5.36. The fraction of sp³-hybridized carbons (Fsp3) is 0.917. The summed E-state index contributed by atoms with van der Waals surface area (Å²) in [6.45, 7) is 2.95. The van der Waals surface area contributed by atoms with Crippen molar-refractivity contribution in [2.45, 2.75) is 38.1 Å². The molecule has 2 N–H and O–H groups in total. The van der Waals surface area contributed by atoms with Crippen LogP contribution in [0.5, 0.6) is 0 Å². The average molecular weight is 260 g/mol. The third-order valence-electron chi connectivity index (χ3n) is 2.87. The monoisotopic (exact) mass is 260 g/mol. The highest BCUT2D eigenvalue weighted by atomic mass is 32.1. The standard InChI is InChI=1S/C12H24N2O2S/c1-15-9-10-16-8-4-7-13-12(17)14-11-5-2-3-6-11/h11H,2-10H2,1H3,(H2,13,14,17). The van der Waals surface area contributed by atoms with E-state index in [0.29, 0.717) is 19.3 Å². The molecule has 0 heterocycles. The summed E-state index contributed by atoms with van der Waals surface area (Å²) in [4.78, 5) is 0. The van der Waals surface area contributed by atoms with Crippen LogP contribution in [0.4, 0.5) is 0 Å². The summed E-state index contributed by atoms with van der Waals surface area (Å²) >= 11 is 5.23. The van der Waals surface area contributed by atoms with Gasteiger partial charge in [-0.2, -0.15) is 0 Å². The fourth-order valence-electron chi connectivity index (χ4n) is 1.93. The molecular weight excluding hydrogens is 236 g/mol. The van der Waals surface area contributed by atoms with Gasteiger partial charge in [-0.3, -0.25) is 0 Å². The minimum atomic E-state index is 0.591. The summed E-state index contributed by atoms with van der Waals surface area (Å²) in [6.07, 6.45) is 6.13. The van der Waals surface area contributed by atoms with Crippen LogP contribution in [0.3, 0.4) is 0 Å². The molecule has 0 aromatic heterocycles. The Morgan fingerprint density at radius 2 is 2.00 bits per heavy atom. The van der Waals surface area contributed by atoms with Crippen LogP contribution in [-0.4, -0.2) is 44.6 Å². The molecule has 0 saturated heterocycles. The van der Waals surface area contributed by atoms with Gasteiger partial charge in [0.25, 0.3) is 0 Å². The lowest BCUT2D eigenvalue weighted by Gasteiger charge is -2.15. The molecule has 17 heavy (non-hydrogen) atoms. The lowest BCUT2D eigenvalue weighted by Crippen LogP contribution is -2.41. The van der Waals surface area contributed by atoms with Gasteiger partial charge in [-0.25, -0.2) is 0 Å². The third-order valence-corrected chi connectivity index (χ3v) is 3.14. The van der Waals surface area contributed by atoms with Crippen LogP contribution >= 0.6 is 12.2 Å². The molecule has 0 aromatic carbocycles. The van der Waals surface area contributed by atoms with Crippen LogP contribution in [0.25, 0.3) is 0 Å². The SMILES string of the molecule is COCCOCCCNC(=S)NC1CCCC1. The lowest BCUT2D eigenvalue weighted by atomic mass is 10.3. The van der Waals surface area contributed by atoms with Crippen molar-refractivity contribution in [2.75, 3.05) is 33.5 Å². The predicted octanol–water partition coefficient (Wildman–Crippen LogP) is 1.45. The minimum absolute atomic E-state index is 0.591. The Bertz CT molecular complexity index is 209. The summed E-state index contributed by atoms with van der Waals surface area (Å²) in [5.74, 6) is 0. The van der Waals surface area contributed by atoms with Gasteiger partial charge in [0.1, 0.15) is 0 Å². The molecule has 0 spiro atoms. The second-order valence-electron chi connectivity index (χ2n) is 4.34. The Labute approximate surface area is 109 Å². The predicted molar refractivity (Wildman–Crippen MR) is 73.3 cm³/mol. The van der Waals surface area contributed by atoms with E-state index in [1.165, 1.54) is 25.7 Å². The number of methoxy groups -OCH3 is 1. The molecule has 1 saturated carbocycles. The van der Waals surface area contributed by atoms with Crippen molar-refractivity contribution in [1.29, 1.82) is 0 Å². The quantitative estimate of drug-likeness (QED) is 0.511. The van der Waals surface area contributed by atoms with E-state index in [2.05, 4.69) is 10.6 Å². The first-order chi connectivity index (χ1) is 8.33. The molecular formula is C12H24N2O2S. The molecule has 0 amide bonds. The minimum Gasteiger partial charge on any atom is -0.382 e. The molecule has 1 fully saturated rings. The number of rotatable bonds is 8. The van der Waals surface area contributed by atoms with E-state index in [4.69, 9.17) is 21.7 Å². The molecule has 100 valence electrons. The molecule has 0 atom stereocenters. The largest absolute Gasteiger partial charge is 0.382 e. The molecule has 0 aromatic rings. The maximum Gasteiger partial charge on any atom is 0.166 e. The number of nitrogens with one attached hydrogen (secondary N) is 2. The molecule has 1 aliphatic rings. The maximum absolute atomic E-state index is 5.36. The second-order valence-corrected chi connectivity index (χ2v) is 4.75. The molecule has 1 aliphatic carbocycles. The second kappa shape index (κ2) is 9.62. The number of ether oxygens (including phenoxy) is 2. The van der Waals surface area contributed by atoms with Gasteiger partial charge < -0.3 is 20.1 Å². The highest BCUT2D eigenvalue weighted by Gasteiger charge is 2.14. The molecule has 0 radical (unpaired) electrons. The number of hydrogen-bond acceptors (Lipinski definition) is 3. The van der Waals surface area contributed by atoms with Gasteiger partial charge in [0, 0.05) is 26.3 Å². The van der Waals surface area contributed by atoms with Crippen molar-refractivity contribution in [1.82, 2.24) is 10.6 Å². The highest BCUT2D eigenvalue weighted by molar-refractivity contribution is 7.80. The van der Waals surface area contributed by atoms with E-state index in [1.54, 1.807) is 7.11 Å². The summed E-state index contributed by atoms with van der Waals surface area (Å²) in [5.41, 5.74) is 0. The summed E-state index contributed by atoms with van der Waals surface area (Å²) in [6, 6.07) is 0.591. The highest BCUT2D eigenvalue weighted by Crippen LogP contribution is 2.17. The summed E-state index contributed by atoms with van der Waals surface area (Å²) < 4.78 is 10.3. The van der Waals surface area contributed by atoms with Crippen LogP contribution < -0.4 is 10.6 Å². The van der Waals surface area contributed by atoms with E-state index in [0.717, 1.165) is 24.7 Å². The van der Waals surface area contributed by atoms with Crippen LogP contribution in [0.2, 0.25) is 0 Å².